The van der Waals surface area contributed by atoms with Crippen LogP contribution in [-0.4, -0.2) is 17.6 Å². The van der Waals surface area contributed by atoms with Gasteiger partial charge in [-0.15, -0.1) is 0 Å². The minimum Gasteiger partial charge on any atom is -0.465 e. The maximum Gasteiger partial charge on any atom is 0.339 e. The molecule has 0 unspecified atom stereocenters. The highest BCUT2D eigenvalue weighted by molar-refractivity contribution is 5.94. The zero-order valence-electron chi connectivity index (χ0n) is 16.4. The molecule has 0 aliphatic heterocycles. The number of benzene rings is 2. The molecule has 5 nitrogen and oxygen atoms in total. The average molecular weight is 381 g/mol. The van der Waals surface area contributed by atoms with Gasteiger partial charge in [0.1, 0.15) is 0 Å². The topological polar surface area (TPSA) is 78.8 Å². The van der Waals surface area contributed by atoms with Gasteiger partial charge in [-0.05, 0) is 61.4 Å². The molecule has 0 aliphatic carbocycles. The number of aryl methyl sites for hydroxylation is 1. The van der Waals surface area contributed by atoms with E-state index in [1.54, 1.807) is 36.4 Å². The Bertz CT molecular complexity index is 1200. The summed E-state index contributed by atoms with van der Waals surface area (Å²) in [6.07, 6.45) is 1.80. The van der Waals surface area contributed by atoms with Gasteiger partial charge in [0.2, 0.25) is 0 Å². The van der Waals surface area contributed by atoms with Crippen LogP contribution >= 0.6 is 0 Å². The van der Waals surface area contributed by atoms with Crippen molar-refractivity contribution in [3.63, 3.8) is 0 Å². The highest BCUT2D eigenvalue weighted by Crippen LogP contribution is 2.27. The van der Waals surface area contributed by atoms with E-state index in [1.807, 2.05) is 42.7 Å². The summed E-state index contributed by atoms with van der Waals surface area (Å²) in [6, 6.07) is 20.5. The van der Waals surface area contributed by atoms with Gasteiger partial charge in [0.25, 0.3) is 0 Å². The lowest BCUT2D eigenvalue weighted by Gasteiger charge is -2.13. The quantitative estimate of drug-likeness (QED) is 0.479. The van der Waals surface area contributed by atoms with Crippen LogP contribution in [0, 0.1) is 36.5 Å². The largest absolute Gasteiger partial charge is 0.465 e. The van der Waals surface area contributed by atoms with Gasteiger partial charge in [-0.2, -0.15) is 10.5 Å². The summed E-state index contributed by atoms with van der Waals surface area (Å²) in [4.78, 5) is 12.2. The van der Waals surface area contributed by atoms with Crippen molar-refractivity contribution in [1.82, 2.24) is 4.57 Å². The first-order valence-electron chi connectivity index (χ1n) is 8.99. The minimum atomic E-state index is -0.406. The number of allylic oxidation sites excluding steroid dienone is 1. The van der Waals surface area contributed by atoms with Gasteiger partial charge in [0.05, 0.1) is 41.6 Å². The molecule has 0 spiro atoms. The second-order valence-electron chi connectivity index (χ2n) is 6.53. The number of carbonyl (C=O) groups excluding carboxylic acids is 1. The summed E-state index contributed by atoms with van der Waals surface area (Å²) in [5, 5.41) is 18.8. The molecule has 1 heterocycles. The van der Waals surface area contributed by atoms with Crippen molar-refractivity contribution in [2.75, 3.05) is 7.11 Å². The van der Waals surface area contributed by atoms with E-state index in [-0.39, 0.29) is 0 Å². The van der Waals surface area contributed by atoms with Crippen molar-refractivity contribution in [2.45, 2.75) is 13.8 Å². The van der Waals surface area contributed by atoms with E-state index in [1.165, 1.54) is 7.11 Å². The molecule has 0 radical (unpaired) electrons. The molecule has 1 aromatic heterocycles. The van der Waals surface area contributed by atoms with Gasteiger partial charge in [-0.25, -0.2) is 4.79 Å². The van der Waals surface area contributed by atoms with Gasteiger partial charge in [-0.1, -0.05) is 24.3 Å². The van der Waals surface area contributed by atoms with E-state index in [2.05, 4.69) is 12.1 Å². The lowest BCUT2D eigenvalue weighted by Crippen LogP contribution is -2.09. The molecule has 0 bridgehead atoms. The molecule has 0 amide bonds. The number of methoxy groups -OCH3 is 1. The van der Waals surface area contributed by atoms with Crippen LogP contribution in [0.3, 0.4) is 0 Å². The molecular weight excluding hydrogens is 362 g/mol. The lowest BCUT2D eigenvalue weighted by atomic mass is 10.0. The van der Waals surface area contributed by atoms with Gasteiger partial charge in [-0.3, -0.25) is 0 Å². The van der Waals surface area contributed by atoms with Gasteiger partial charge >= 0.3 is 5.97 Å². The molecular formula is C24H19N3O2. The Morgan fingerprint density at radius 3 is 2.52 bits per heavy atom. The SMILES string of the molecule is COC(=O)c1ccccc1-n1c(C)cc(C=C(C#N)c2cccc(C#N)c2)c1C. The first-order valence-corrected chi connectivity index (χ1v) is 8.99. The number of nitrogens with zero attached hydrogens (tertiary/aromatic N) is 3. The molecule has 0 saturated carbocycles. The van der Waals surface area contributed by atoms with Crippen molar-refractivity contribution in [3.8, 4) is 17.8 Å². The van der Waals surface area contributed by atoms with Gasteiger partial charge in [0, 0.05) is 11.4 Å². The number of hydrogen-bond donors (Lipinski definition) is 0. The summed E-state index contributed by atoms with van der Waals surface area (Å²) in [5.74, 6) is -0.406. The molecule has 0 atom stereocenters. The standard InChI is InChI=1S/C24H19N3O2/c1-16-11-20(13-21(15-26)19-8-6-7-18(12-19)14-25)17(2)27(16)23-10-5-4-9-22(23)24(28)29-3/h4-13H,1-3H3. The minimum absolute atomic E-state index is 0.406. The Morgan fingerprint density at radius 2 is 1.83 bits per heavy atom. The van der Waals surface area contributed by atoms with E-state index < -0.39 is 5.97 Å². The van der Waals surface area contributed by atoms with Crippen LogP contribution in [0.25, 0.3) is 17.3 Å². The zero-order chi connectivity index (χ0) is 21.0. The summed E-state index contributed by atoms with van der Waals surface area (Å²) >= 11 is 0. The Labute approximate surface area is 169 Å². The lowest BCUT2D eigenvalue weighted by molar-refractivity contribution is 0.0600. The fraction of sp³-hybridized carbons (Fsp3) is 0.125. The molecule has 29 heavy (non-hydrogen) atoms. The number of rotatable bonds is 4. The molecule has 0 aliphatic rings. The molecule has 0 saturated heterocycles. The van der Waals surface area contributed by atoms with Gasteiger partial charge in [0.15, 0.2) is 0 Å². The maximum atomic E-state index is 12.2. The van der Waals surface area contributed by atoms with E-state index in [0.717, 1.165) is 22.6 Å². The van der Waals surface area contributed by atoms with Crippen LogP contribution in [0.2, 0.25) is 0 Å². The number of ether oxygens (including phenoxy) is 1. The molecule has 3 aromatic rings. The normalized spacial score (nSPS) is 10.9. The highest BCUT2D eigenvalue weighted by Gasteiger charge is 2.17. The number of esters is 1. The second kappa shape index (κ2) is 8.29. The molecule has 0 fully saturated rings. The summed E-state index contributed by atoms with van der Waals surface area (Å²) < 4.78 is 6.88. The first kappa shape index (κ1) is 19.7. The number of para-hydroxylation sites is 1. The van der Waals surface area contributed by atoms with Crippen LogP contribution in [0.4, 0.5) is 0 Å². The smallest absolute Gasteiger partial charge is 0.339 e. The molecule has 3 rings (SSSR count). The van der Waals surface area contributed by atoms with Gasteiger partial charge < -0.3 is 9.30 Å². The fourth-order valence-electron chi connectivity index (χ4n) is 3.35. The molecule has 5 heteroatoms. The maximum absolute atomic E-state index is 12.2. The van der Waals surface area contributed by atoms with E-state index >= 15 is 0 Å². The number of carbonyl (C=O) groups is 1. The van der Waals surface area contributed by atoms with Crippen molar-refractivity contribution in [3.05, 3.63) is 88.2 Å². The Morgan fingerprint density at radius 1 is 1.07 bits per heavy atom. The predicted molar refractivity (Wildman–Crippen MR) is 111 cm³/mol. The third-order valence-corrected chi connectivity index (χ3v) is 4.74. The Kier molecular flexibility index (Phi) is 5.62. The number of aromatic nitrogens is 1. The van der Waals surface area contributed by atoms with E-state index in [9.17, 15) is 10.1 Å². The third kappa shape index (κ3) is 3.81. The summed E-state index contributed by atoms with van der Waals surface area (Å²) in [5.41, 5.74) is 5.52. The van der Waals surface area contributed by atoms with Crippen LogP contribution in [0.5, 0.6) is 0 Å². The van der Waals surface area contributed by atoms with Crippen molar-refractivity contribution in [2.24, 2.45) is 0 Å². The van der Waals surface area contributed by atoms with Crippen molar-refractivity contribution in [1.29, 1.82) is 10.5 Å². The van der Waals surface area contributed by atoms with Crippen LogP contribution in [0.1, 0.15) is 38.4 Å². The van der Waals surface area contributed by atoms with Crippen molar-refractivity contribution >= 4 is 17.6 Å². The van der Waals surface area contributed by atoms with Crippen LogP contribution in [-0.2, 0) is 4.74 Å². The predicted octanol–water partition coefficient (Wildman–Crippen LogP) is 4.82. The Balaban J connectivity index is 2.14. The molecule has 2 aromatic carbocycles. The van der Waals surface area contributed by atoms with E-state index in [4.69, 9.17) is 10.00 Å². The Hall–Kier alpha value is -4.09. The number of hydrogen-bond acceptors (Lipinski definition) is 4. The average Bonchev–Trinajstić information content (AvgIpc) is 3.04. The monoisotopic (exact) mass is 381 g/mol. The highest BCUT2D eigenvalue weighted by atomic mass is 16.5. The number of nitriles is 2. The first-order chi connectivity index (χ1) is 14.0. The summed E-state index contributed by atoms with van der Waals surface area (Å²) in [7, 11) is 1.36. The molecule has 0 N–H and O–H groups in total. The van der Waals surface area contributed by atoms with Crippen molar-refractivity contribution < 1.29 is 9.53 Å². The molecule has 142 valence electrons. The summed E-state index contributed by atoms with van der Waals surface area (Å²) in [6.45, 7) is 3.88. The van der Waals surface area contributed by atoms with E-state index in [0.29, 0.717) is 22.3 Å². The zero-order valence-corrected chi connectivity index (χ0v) is 16.4. The second-order valence-corrected chi connectivity index (χ2v) is 6.53. The third-order valence-electron chi connectivity index (χ3n) is 4.74. The van der Waals surface area contributed by atoms with Crippen LogP contribution in [0.15, 0.2) is 54.6 Å². The van der Waals surface area contributed by atoms with Crippen LogP contribution < -0.4 is 0 Å². The fourth-order valence-corrected chi connectivity index (χ4v) is 3.35.